The monoisotopic (exact) mass is 515 g/mol. The number of anilines is 1. The van der Waals surface area contributed by atoms with Crippen LogP contribution in [-0.2, 0) is 27.9 Å². The van der Waals surface area contributed by atoms with Gasteiger partial charge < -0.3 is 5.32 Å². The van der Waals surface area contributed by atoms with Crippen molar-refractivity contribution < 1.29 is 17.6 Å². The predicted molar refractivity (Wildman–Crippen MR) is 142 cm³/mol. The van der Waals surface area contributed by atoms with Gasteiger partial charge in [-0.1, -0.05) is 42.0 Å². The number of hydrogen-bond acceptors (Lipinski definition) is 4. The zero-order valence-electron chi connectivity index (χ0n) is 20.2. The first kappa shape index (κ1) is 25.9. The van der Waals surface area contributed by atoms with E-state index in [0.29, 0.717) is 11.3 Å². The molecule has 0 saturated carbocycles. The first-order valence-electron chi connectivity index (χ1n) is 11.6. The van der Waals surface area contributed by atoms with Crippen molar-refractivity contribution in [2.75, 3.05) is 5.32 Å². The van der Waals surface area contributed by atoms with Gasteiger partial charge >= 0.3 is 0 Å². The van der Waals surface area contributed by atoms with E-state index in [-0.39, 0.29) is 29.7 Å². The smallest absolute Gasteiger partial charge is 0.248 e. The summed E-state index contributed by atoms with van der Waals surface area (Å²) in [5.41, 5.74) is 3.83. The van der Waals surface area contributed by atoms with Crippen molar-refractivity contribution in [3.8, 4) is 0 Å². The fraction of sp³-hybridized carbons (Fsp3) is 0.103. The molecule has 1 aromatic heterocycles. The van der Waals surface area contributed by atoms with Crippen molar-refractivity contribution in [2.45, 2.75) is 24.9 Å². The van der Waals surface area contributed by atoms with Crippen LogP contribution in [-0.4, -0.2) is 23.6 Å². The van der Waals surface area contributed by atoms with Crippen LogP contribution in [0.5, 0.6) is 0 Å². The van der Waals surface area contributed by atoms with E-state index in [9.17, 15) is 17.6 Å². The highest BCUT2D eigenvalue weighted by Gasteiger charge is 2.25. The quantitative estimate of drug-likeness (QED) is 0.296. The summed E-state index contributed by atoms with van der Waals surface area (Å²) < 4.78 is 42.0. The maximum Gasteiger partial charge on any atom is 0.248 e. The average molecular weight is 516 g/mol. The summed E-state index contributed by atoms with van der Waals surface area (Å²) in [7, 11) is -3.90. The molecule has 0 fully saturated rings. The lowest BCUT2D eigenvalue weighted by molar-refractivity contribution is -0.111. The van der Waals surface area contributed by atoms with Gasteiger partial charge in [-0.3, -0.25) is 9.78 Å². The van der Waals surface area contributed by atoms with Crippen molar-refractivity contribution >= 4 is 27.7 Å². The molecule has 4 aromatic rings. The van der Waals surface area contributed by atoms with Gasteiger partial charge in [0.2, 0.25) is 15.9 Å². The van der Waals surface area contributed by atoms with Crippen LogP contribution in [0.2, 0.25) is 0 Å². The van der Waals surface area contributed by atoms with Gasteiger partial charge in [0.15, 0.2) is 0 Å². The van der Waals surface area contributed by atoms with Crippen molar-refractivity contribution in [3.63, 3.8) is 0 Å². The Kier molecular flexibility index (Phi) is 8.22. The molecule has 0 bridgehead atoms. The summed E-state index contributed by atoms with van der Waals surface area (Å²) in [4.78, 5) is 16.3. The van der Waals surface area contributed by atoms with Crippen LogP contribution in [0.15, 0.2) is 108 Å². The maximum atomic E-state index is 13.6. The normalized spacial score (nSPS) is 11.6. The molecule has 0 aliphatic rings. The number of aryl methyl sites for hydroxylation is 1. The third-order valence-electron chi connectivity index (χ3n) is 5.61. The molecule has 37 heavy (non-hydrogen) atoms. The number of aromatic nitrogens is 1. The second-order valence-corrected chi connectivity index (χ2v) is 10.5. The van der Waals surface area contributed by atoms with E-state index in [2.05, 4.69) is 10.3 Å². The molecule has 0 aliphatic carbocycles. The second kappa shape index (κ2) is 11.7. The molecule has 1 N–H and O–H groups in total. The summed E-state index contributed by atoms with van der Waals surface area (Å²) in [5.74, 6) is -0.727. The molecule has 4 rings (SSSR count). The number of carbonyl (C=O) groups is 1. The fourth-order valence-corrected chi connectivity index (χ4v) is 5.14. The molecule has 6 nitrogen and oxygen atoms in total. The van der Waals surface area contributed by atoms with Gasteiger partial charge in [-0.25, -0.2) is 12.8 Å². The molecule has 3 aromatic carbocycles. The van der Waals surface area contributed by atoms with Crippen molar-refractivity contribution in [3.05, 3.63) is 131 Å². The van der Waals surface area contributed by atoms with Gasteiger partial charge in [-0.2, -0.15) is 4.31 Å². The zero-order chi connectivity index (χ0) is 26.3. The van der Waals surface area contributed by atoms with E-state index in [4.69, 9.17) is 0 Å². The third kappa shape index (κ3) is 7.19. The topological polar surface area (TPSA) is 79.4 Å². The first-order chi connectivity index (χ1) is 17.8. The van der Waals surface area contributed by atoms with E-state index >= 15 is 0 Å². The highest BCUT2D eigenvalue weighted by Crippen LogP contribution is 2.23. The minimum absolute atomic E-state index is 0.0782. The summed E-state index contributed by atoms with van der Waals surface area (Å²) in [5, 5.41) is 2.73. The molecular formula is C29H26FN3O3S. The lowest BCUT2D eigenvalue weighted by Gasteiger charge is -2.23. The molecule has 188 valence electrons. The number of amides is 1. The zero-order valence-corrected chi connectivity index (χ0v) is 21.0. The second-order valence-electron chi connectivity index (χ2n) is 8.52. The fourth-order valence-electron chi connectivity index (χ4n) is 3.72. The van der Waals surface area contributed by atoms with E-state index in [0.717, 1.165) is 16.7 Å². The Bertz CT molecular complexity index is 1490. The number of nitrogens with zero attached hydrogens (tertiary/aromatic N) is 2. The Balaban J connectivity index is 1.53. The molecule has 0 radical (unpaired) electrons. The Labute approximate surface area is 216 Å². The molecule has 0 atom stereocenters. The molecule has 0 aliphatic heterocycles. The maximum absolute atomic E-state index is 13.6. The third-order valence-corrected chi connectivity index (χ3v) is 7.41. The summed E-state index contributed by atoms with van der Waals surface area (Å²) in [6.45, 7) is 2.18. The largest absolute Gasteiger partial charge is 0.323 e. The van der Waals surface area contributed by atoms with Gasteiger partial charge in [0.1, 0.15) is 5.82 Å². The van der Waals surface area contributed by atoms with Crippen LogP contribution >= 0.6 is 0 Å². The lowest BCUT2D eigenvalue weighted by atomic mass is 10.1. The van der Waals surface area contributed by atoms with Crippen molar-refractivity contribution in [1.29, 1.82) is 0 Å². The summed E-state index contributed by atoms with van der Waals surface area (Å²) in [6.07, 6.45) is 6.32. The molecule has 0 spiro atoms. The number of carbonyl (C=O) groups excluding carboxylic acids is 1. The standard InChI is InChI=1S/C29H26FN3O3S/c1-22-3-2-4-25(19-22)21-33(20-24-5-8-26(30)9-6-24)37(35,36)28-12-10-27(11-13-28)32-29(34)14-7-23-15-17-31-18-16-23/h2-19H,20-21H2,1H3,(H,32,34)/b14-7+. The van der Waals surface area contributed by atoms with Crippen LogP contribution in [0.1, 0.15) is 22.3 Å². The summed E-state index contributed by atoms with van der Waals surface area (Å²) >= 11 is 0. The van der Waals surface area contributed by atoms with Gasteiger partial charge in [0, 0.05) is 37.2 Å². The number of rotatable bonds is 9. The Morgan fingerprint density at radius 1 is 0.919 bits per heavy atom. The van der Waals surface area contributed by atoms with Crippen LogP contribution in [0.4, 0.5) is 10.1 Å². The minimum Gasteiger partial charge on any atom is -0.323 e. The molecule has 8 heteroatoms. The van der Waals surface area contributed by atoms with E-state index in [1.165, 1.54) is 34.6 Å². The first-order valence-corrected chi connectivity index (χ1v) is 13.0. The summed E-state index contributed by atoms with van der Waals surface area (Å²) in [6, 6.07) is 23.0. The number of nitrogens with one attached hydrogen (secondary N) is 1. The molecule has 1 heterocycles. The lowest BCUT2D eigenvalue weighted by Crippen LogP contribution is -2.30. The van der Waals surface area contributed by atoms with Crippen LogP contribution in [0, 0.1) is 12.7 Å². The average Bonchev–Trinajstić information content (AvgIpc) is 2.89. The number of hydrogen-bond donors (Lipinski definition) is 1. The Morgan fingerprint density at radius 3 is 2.27 bits per heavy atom. The number of sulfonamides is 1. The Morgan fingerprint density at radius 2 is 1.59 bits per heavy atom. The van der Waals surface area contributed by atoms with Gasteiger partial charge in [0.05, 0.1) is 4.90 Å². The van der Waals surface area contributed by atoms with Crippen LogP contribution < -0.4 is 5.32 Å². The molecule has 1 amide bonds. The Hall–Kier alpha value is -4.14. The van der Waals surface area contributed by atoms with E-state index in [1.54, 1.807) is 54.9 Å². The highest BCUT2D eigenvalue weighted by atomic mass is 32.2. The van der Waals surface area contributed by atoms with E-state index < -0.39 is 10.0 Å². The van der Waals surface area contributed by atoms with Gasteiger partial charge in [-0.15, -0.1) is 0 Å². The van der Waals surface area contributed by atoms with Crippen LogP contribution in [0.3, 0.4) is 0 Å². The van der Waals surface area contributed by atoms with Crippen molar-refractivity contribution in [2.24, 2.45) is 0 Å². The van der Waals surface area contributed by atoms with E-state index in [1.807, 2.05) is 31.2 Å². The molecule has 0 unspecified atom stereocenters. The number of benzene rings is 3. The minimum atomic E-state index is -3.90. The highest BCUT2D eigenvalue weighted by molar-refractivity contribution is 7.89. The molecule has 0 saturated heterocycles. The molecular weight excluding hydrogens is 489 g/mol. The van der Waals surface area contributed by atoms with Crippen molar-refractivity contribution in [1.82, 2.24) is 9.29 Å². The SMILES string of the molecule is Cc1cccc(CN(Cc2ccc(F)cc2)S(=O)(=O)c2ccc(NC(=O)/C=C/c3ccncc3)cc2)c1. The van der Waals surface area contributed by atoms with Crippen LogP contribution in [0.25, 0.3) is 6.08 Å². The van der Waals surface area contributed by atoms with Gasteiger partial charge in [-0.05, 0) is 78.2 Å². The van der Waals surface area contributed by atoms with Gasteiger partial charge in [0.25, 0.3) is 0 Å². The number of pyridine rings is 1. The number of halogens is 1. The predicted octanol–water partition coefficient (Wildman–Crippen LogP) is 5.57.